The molecule has 0 amide bonds. The fourth-order valence-electron chi connectivity index (χ4n) is 3.60. The first-order valence-electron chi connectivity index (χ1n) is 8.66. The fourth-order valence-corrected chi connectivity index (χ4v) is 3.60. The van der Waals surface area contributed by atoms with Gasteiger partial charge in [-0.3, -0.25) is 0 Å². The molecule has 0 bridgehead atoms. The largest absolute Gasteiger partial charge is 0.0726 e. The number of benzene rings is 2. The topological polar surface area (TPSA) is 0 Å². The highest BCUT2D eigenvalue weighted by molar-refractivity contribution is 5.78. The monoisotopic (exact) mass is 302 g/mol. The minimum atomic E-state index is 0.369. The maximum Gasteiger partial charge on any atom is 0.0284 e. The van der Waals surface area contributed by atoms with Gasteiger partial charge in [0.2, 0.25) is 0 Å². The summed E-state index contributed by atoms with van der Waals surface area (Å²) in [6.45, 7) is 9.20. The molecule has 3 rings (SSSR count). The highest BCUT2D eigenvalue weighted by Gasteiger charge is 2.25. The minimum Gasteiger partial charge on any atom is -0.0726 e. The Hall–Kier alpha value is -2.08. The van der Waals surface area contributed by atoms with Gasteiger partial charge in [-0.1, -0.05) is 94.5 Å². The van der Waals surface area contributed by atoms with Crippen molar-refractivity contribution in [2.45, 2.75) is 45.4 Å². The van der Waals surface area contributed by atoms with Crippen LogP contribution in [0.1, 0.15) is 67.7 Å². The highest BCUT2D eigenvalue weighted by atomic mass is 14.3. The van der Waals surface area contributed by atoms with E-state index in [-0.39, 0.29) is 0 Å². The first kappa shape index (κ1) is 15.8. The Kier molecular flexibility index (Phi) is 4.52. The van der Waals surface area contributed by atoms with Crippen LogP contribution in [0.2, 0.25) is 0 Å². The molecule has 0 spiro atoms. The van der Waals surface area contributed by atoms with Gasteiger partial charge in [-0.05, 0) is 39.7 Å². The quantitative estimate of drug-likeness (QED) is 0.591. The molecule has 0 N–H and O–H groups in total. The summed E-state index contributed by atoms with van der Waals surface area (Å²) in [5.74, 6) is 1.44. The van der Waals surface area contributed by atoms with Crippen molar-refractivity contribution in [1.82, 2.24) is 0 Å². The standard InChI is InChI=1S/C23H26/c1-16(2)19-12-8-13-20(17(3)4)23(19)22-15-9-14-21(22)18-10-6-5-7-11-18/h5-17,22H,1-4H3. The Morgan fingerprint density at radius 3 is 1.91 bits per heavy atom. The van der Waals surface area contributed by atoms with Crippen LogP contribution in [0.5, 0.6) is 0 Å². The molecule has 0 aromatic heterocycles. The lowest BCUT2D eigenvalue weighted by Gasteiger charge is -2.25. The molecular formula is C23H26. The summed E-state index contributed by atoms with van der Waals surface area (Å²) >= 11 is 0. The molecule has 0 radical (unpaired) electrons. The lowest BCUT2D eigenvalue weighted by Crippen LogP contribution is -2.08. The van der Waals surface area contributed by atoms with Crippen LogP contribution in [0.4, 0.5) is 0 Å². The van der Waals surface area contributed by atoms with E-state index in [1.165, 1.54) is 27.8 Å². The number of rotatable bonds is 4. The Bertz CT molecular complexity index is 704. The summed E-state index contributed by atoms with van der Waals surface area (Å²) in [6.07, 6.45) is 6.85. The Balaban J connectivity index is 2.14. The maximum atomic E-state index is 2.36. The van der Waals surface area contributed by atoms with Crippen molar-refractivity contribution < 1.29 is 0 Å². The smallest absolute Gasteiger partial charge is 0.0284 e. The van der Waals surface area contributed by atoms with E-state index in [0.717, 1.165) is 0 Å². The molecule has 0 nitrogen and oxygen atoms in total. The van der Waals surface area contributed by atoms with Gasteiger partial charge in [0.25, 0.3) is 0 Å². The number of allylic oxidation sites excluding steroid dienone is 4. The second-order valence-corrected chi connectivity index (χ2v) is 7.01. The third kappa shape index (κ3) is 3.03. The van der Waals surface area contributed by atoms with E-state index in [4.69, 9.17) is 0 Å². The van der Waals surface area contributed by atoms with Crippen molar-refractivity contribution in [3.05, 3.63) is 89.0 Å². The van der Waals surface area contributed by atoms with Crippen LogP contribution in [-0.2, 0) is 0 Å². The van der Waals surface area contributed by atoms with E-state index >= 15 is 0 Å². The molecule has 0 saturated heterocycles. The number of hydrogen-bond acceptors (Lipinski definition) is 0. The van der Waals surface area contributed by atoms with Gasteiger partial charge in [0.05, 0.1) is 0 Å². The van der Waals surface area contributed by atoms with Crippen molar-refractivity contribution in [3.8, 4) is 0 Å². The lowest BCUT2D eigenvalue weighted by atomic mass is 9.79. The van der Waals surface area contributed by atoms with Crippen molar-refractivity contribution in [1.29, 1.82) is 0 Å². The van der Waals surface area contributed by atoms with Crippen molar-refractivity contribution >= 4 is 5.57 Å². The average molecular weight is 302 g/mol. The zero-order valence-electron chi connectivity index (χ0n) is 14.6. The number of hydrogen-bond donors (Lipinski definition) is 0. The van der Waals surface area contributed by atoms with E-state index in [0.29, 0.717) is 17.8 Å². The Morgan fingerprint density at radius 2 is 1.35 bits per heavy atom. The molecule has 0 aliphatic heterocycles. The van der Waals surface area contributed by atoms with Crippen LogP contribution in [-0.4, -0.2) is 0 Å². The van der Waals surface area contributed by atoms with Gasteiger partial charge in [-0.2, -0.15) is 0 Å². The zero-order valence-corrected chi connectivity index (χ0v) is 14.6. The minimum absolute atomic E-state index is 0.369. The molecule has 0 heterocycles. The van der Waals surface area contributed by atoms with Crippen LogP contribution in [0.15, 0.2) is 66.8 Å². The third-order valence-corrected chi connectivity index (χ3v) is 4.75. The van der Waals surface area contributed by atoms with E-state index in [1.807, 2.05) is 0 Å². The fraction of sp³-hybridized carbons (Fsp3) is 0.304. The Labute approximate surface area is 140 Å². The van der Waals surface area contributed by atoms with Crippen LogP contribution in [0.25, 0.3) is 5.57 Å². The van der Waals surface area contributed by atoms with E-state index in [2.05, 4.69) is 94.5 Å². The summed E-state index contributed by atoms with van der Waals surface area (Å²) in [6, 6.07) is 17.6. The van der Waals surface area contributed by atoms with Gasteiger partial charge >= 0.3 is 0 Å². The van der Waals surface area contributed by atoms with E-state index in [1.54, 1.807) is 0 Å². The zero-order chi connectivity index (χ0) is 16.4. The van der Waals surface area contributed by atoms with E-state index in [9.17, 15) is 0 Å². The molecule has 1 aliphatic rings. The van der Waals surface area contributed by atoms with E-state index < -0.39 is 0 Å². The van der Waals surface area contributed by atoms with Crippen LogP contribution in [0, 0.1) is 0 Å². The van der Waals surface area contributed by atoms with Gasteiger partial charge in [0.15, 0.2) is 0 Å². The molecular weight excluding hydrogens is 276 g/mol. The van der Waals surface area contributed by atoms with Gasteiger partial charge < -0.3 is 0 Å². The molecule has 2 aromatic carbocycles. The normalized spacial score (nSPS) is 17.1. The summed E-state index contributed by atoms with van der Waals surface area (Å²) in [4.78, 5) is 0. The molecule has 2 aromatic rings. The first-order valence-corrected chi connectivity index (χ1v) is 8.66. The molecule has 1 unspecified atom stereocenters. The lowest BCUT2D eigenvalue weighted by molar-refractivity contribution is 0.797. The summed E-state index contributed by atoms with van der Waals surface area (Å²) in [7, 11) is 0. The summed E-state index contributed by atoms with van der Waals surface area (Å²) in [5.41, 5.74) is 7.22. The predicted octanol–water partition coefficient (Wildman–Crippen LogP) is 6.67. The maximum absolute atomic E-state index is 2.36. The first-order chi connectivity index (χ1) is 11.1. The van der Waals surface area contributed by atoms with Crippen LogP contribution in [0.3, 0.4) is 0 Å². The van der Waals surface area contributed by atoms with Crippen molar-refractivity contribution in [3.63, 3.8) is 0 Å². The Morgan fingerprint density at radius 1 is 0.739 bits per heavy atom. The van der Waals surface area contributed by atoms with Gasteiger partial charge in [-0.25, -0.2) is 0 Å². The summed E-state index contributed by atoms with van der Waals surface area (Å²) in [5, 5.41) is 0. The van der Waals surface area contributed by atoms with Crippen LogP contribution >= 0.6 is 0 Å². The SMILES string of the molecule is CC(C)c1cccc(C(C)C)c1C1C=CC=C1c1ccccc1. The average Bonchev–Trinajstić information content (AvgIpc) is 3.04. The van der Waals surface area contributed by atoms with Crippen molar-refractivity contribution in [2.24, 2.45) is 0 Å². The van der Waals surface area contributed by atoms with Crippen molar-refractivity contribution in [2.75, 3.05) is 0 Å². The second-order valence-electron chi connectivity index (χ2n) is 7.01. The molecule has 0 fully saturated rings. The third-order valence-electron chi connectivity index (χ3n) is 4.75. The second kappa shape index (κ2) is 6.58. The predicted molar refractivity (Wildman–Crippen MR) is 101 cm³/mol. The van der Waals surface area contributed by atoms with Gasteiger partial charge in [0.1, 0.15) is 0 Å². The molecule has 23 heavy (non-hydrogen) atoms. The summed E-state index contributed by atoms with van der Waals surface area (Å²) < 4.78 is 0. The van der Waals surface area contributed by atoms with Gasteiger partial charge in [0, 0.05) is 5.92 Å². The molecule has 0 saturated carbocycles. The molecule has 1 aliphatic carbocycles. The van der Waals surface area contributed by atoms with Crippen LogP contribution < -0.4 is 0 Å². The molecule has 1 atom stereocenters. The highest BCUT2D eigenvalue weighted by Crippen LogP contribution is 2.43. The molecule has 0 heteroatoms. The van der Waals surface area contributed by atoms with Gasteiger partial charge in [-0.15, -0.1) is 0 Å². The molecule has 118 valence electrons.